The average molecular weight is 331 g/mol. The molecular weight excluding hydrogens is 310 g/mol. The summed E-state index contributed by atoms with van der Waals surface area (Å²) >= 11 is 0. The Bertz CT molecular complexity index is 820. The number of nitrogens with two attached hydrogens (primary N) is 7. The summed E-state index contributed by atoms with van der Waals surface area (Å²) in [5, 5.41) is 9.91. The highest BCUT2D eigenvalue weighted by atomic mass is 16.3. The second kappa shape index (κ2) is 4.45. The molecule has 4 atom stereocenters. The van der Waals surface area contributed by atoms with E-state index in [1.54, 1.807) is 0 Å². The first kappa shape index (κ1) is 14.9. The maximum absolute atomic E-state index is 9.91. The number of hydrogen-bond donors (Lipinski definition) is 10. The number of fused-ring (bicyclic) bond motifs is 2. The first-order valence-electron chi connectivity index (χ1n) is 7.49. The Hall–Kier alpha value is -2.66. The second-order valence-corrected chi connectivity index (χ2v) is 6.35. The molecule has 0 saturated carbocycles. The molecule has 128 valence electrons. The molecule has 10 nitrogen and oxygen atoms in total. The molecular formula is C14H21N9O. The number of nitrogens with one attached hydrogen (secondary N) is 2. The highest BCUT2D eigenvalue weighted by Crippen LogP contribution is 2.52. The number of aromatic amines is 2. The Balaban J connectivity index is 2.05. The summed E-state index contributed by atoms with van der Waals surface area (Å²) in [5.74, 6) is 0.174. The zero-order chi connectivity index (χ0) is 17.5. The molecule has 10 heteroatoms. The molecule has 4 rings (SSSR count). The monoisotopic (exact) mass is 331 g/mol. The molecule has 4 unspecified atom stereocenters. The van der Waals surface area contributed by atoms with Crippen LogP contribution in [0.3, 0.4) is 0 Å². The standard InChI is InChI=1S/C14H21N9O/c15-5-1(11-3(7(5)17)9(19)13(21)22-11)2-6(16)8(18)4-10(20)14(24)23-12(2)4/h5-8,22-24H,15-21H2/b2-1+. The van der Waals surface area contributed by atoms with Crippen LogP contribution in [0.4, 0.5) is 17.2 Å². The number of H-pyrrole nitrogens is 2. The third-order valence-corrected chi connectivity index (χ3v) is 5.10. The van der Waals surface area contributed by atoms with Gasteiger partial charge in [0.1, 0.15) is 5.82 Å². The lowest BCUT2D eigenvalue weighted by molar-refractivity contribution is 0.458. The van der Waals surface area contributed by atoms with Gasteiger partial charge in [-0.1, -0.05) is 0 Å². The molecule has 17 N–H and O–H groups in total. The average Bonchev–Trinajstić information content (AvgIpc) is 3.14. The van der Waals surface area contributed by atoms with Gasteiger partial charge in [0.25, 0.3) is 0 Å². The van der Waals surface area contributed by atoms with Crippen molar-refractivity contribution in [3.8, 4) is 5.88 Å². The van der Waals surface area contributed by atoms with Crippen LogP contribution < -0.4 is 40.1 Å². The minimum Gasteiger partial charge on any atom is -0.493 e. The third-order valence-electron chi connectivity index (χ3n) is 5.10. The van der Waals surface area contributed by atoms with Gasteiger partial charge in [0, 0.05) is 22.3 Å². The van der Waals surface area contributed by atoms with Crippen LogP contribution in [0.1, 0.15) is 34.6 Å². The van der Waals surface area contributed by atoms with Crippen molar-refractivity contribution in [2.24, 2.45) is 22.9 Å². The van der Waals surface area contributed by atoms with Gasteiger partial charge < -0.3 is 55.2 Å². The fourth-order valence-corrected chi connectivity index (χ4v) is 3.86. The Morgan fingerprint density at radius 1 is 0.667 bits per heavy atom. The number of nitrogen functional groups attached to an aromatic ring is 3. The molecule has 0 aliphatic heterocycles. The SMILES string of the molecule is Nc1[nH]c2c(c1N)C(N)C(N)/C2=C1\c2[nH]c(O)c(N)c2C(N)C1N. The number of aromatic hydroxyl groups is 1. The van der Waals surface area contributed by atoms with E-state index in [4.69, 9.17) is 40.1 Å². The lowest BCUT2D eigenvalue weighted by Gasteiger charge is -2.19. The molecule has 2 aromatic rings. The quantitative estimate of drug-likeness (QED) is 0.269. The van der Waals surface area contributed by atoms with Crippen LogP contribution in [0, 0.1) is 0 Å². The third kappa shape index (κ3) is 1.52. The van der Waals surface area contributed by atoms with Crippen molar-refractivity contribution in [2.75, 3.05) is 17.2 Å². The van der Waals surface area contributed by atoms with Crippen LogP contribution in [0.15, 0.2) is 0 Å². The summed E-state index contributed by atoms with van der Waals surface area (Å²) < 4.78 is 0. The van der Waals surface area contributed by atoms with Gasteiger partial charge >= 0.3 is 0 Å². The van der Waals surface area contributed by atoms with Crippen molar-refractivity contribution in [1.82, 2.24) is 9.97 Å². The number of hydrogen-bond acceptors (Lipinski definition) is 8. The maximum Gasteiger partial charge on any atom is 0.213 e. The number of anilines is 3. The van der Waals surface area contributed by atoms with Crippen molar-refractivity contribution in [2.45, 2.75) is 24.2 Å². The summed E-state index contributed by atoms with van der Waals surface area (Å²) in [4.78, 5) is 5.87. The van der Waals surface area contributed by atoms with Crippen LogP contribution in [0.25, 0.3) is 11.1 Å². The number of aromatic nitrogens is 2. The first-order chi connectivity index (χ1) is 11.3. The van der Waals surface area contributed by atoms with Crippen molar-refractivity contribution in [1.29, 1.82) is 0 Å². The molecule has 2 aromatic heterocycles. The summed E-state index contributed by atoms with van der Waals surface area (Å²) in [6, 6.07) is -2.19. The van der Waals surface area contributed by atoms with E-state index in [0.29, 0.717) is 45.2 Å². The van der Waals surface area contributed by atoms with E-state index in [1.165, 1.54) is 0 Å². The second-order valence-electron chi connectivity index (χ2n) is 6.35. The fraction of sp³-hybridized carbons (Fsp3) is 0.286. The van der Waals surface area contributed by atoms with Gasteiger partial charge in [-0.25, -0.2) is 0 Å². The largest absolute Gasteiger partial charge is 0.493 e. The van der Waals surface area contributed by atoms with Crippen LogP contribution in [-0.2, 0) is 0 Å². The van der Waals surface area contributed by atoms with E-state index >= 15 is 0 Å². The number of rotatable bonds is 0. The van der Waals surface area contributed by atoms with E-state index in [1.807, 2.05) is 0 Å². The fourth-order valence-electron chi connectivity index (χ4n) is 3.86. The molecule has 0 spiro atoms. The van der Waals surface area contributed by atoms with Crippen molar-refractivity contribution in [3.05, 3.63) is 22.5 Å². The smallest absolute Gasteiger partial charge is 0.213 e. The molecule has 2 aliphatic rings. The van der Waals surface area contributed by atoms with E-state index in [-0.39, 0.29) is 11.6 Å². The van der Waals surface area contributed by atoms with Crippen LogP contribution >= 0.6 is 0 Å². The highest BCUT2D eigenvalue weighted by Gasteiger charge is 2.44. The summed E-state index contributed by atoms with van der Waals surface area (Å²) in [5.41, 5.74) is 47.2. The van der Waals surface area contributed by atoms with Gasteiger partial charge in [-0.05, 0) is 0 Å². The van der Waals surface area contributed by atoms with Gasteiger partial charge in [-0.3, -0.25) is 0 Å². The molecule has 0 amide bonds. The Morgan fingerprint density at radius 2 is 1.12 bits per heavy atom. The van der Waals surface area contributed by atoms with Gasteiger partial charge in [0.2, 0.25) is 5.88 Å². The van der Waals surface area contributed by atoms with Crippen LogP contribution in [0.5, 0.6) is 5.88 Å². The lowest BCUT2D eigenvalue weighted by atomic mass is 9.96. The summed E-state index contributed by atoms with van der Waals surface area (Å²) in [6.45, 7) is 0. The first-order valence-corrected chi connectivity index (χ1v) is 7.49. The highest BCUT2D eigenvalue weighted by molar-refractivity contribution is 6.02. The van der Waals surface area contributed by atoms with Crippen molar-refractivity contribution in [3.63, 3.8) is 0 Å². The lowest BCUT2D eigenvalue weighted by Crippen LogP contribution is -2.34. The van der Waals surface area contributed by atoms with E-state index in [2.05, 4.69) is 9.97 Å². The van der Waals surface area contributed by atoms with E-state index < -0.39 is 24.2 Å². The van der Waals surface area contributed by atoms with Gasteiger partial charge in [-0.2, -0.15) is 0 Å². The zero-order valence-electron chi connectivity index (χ0n) is 12.8. The topological polar surface area (TPSA) is 234 Å². The molecule has 2 heterocycles. The summed E-state index contributed by atoms with van der Waals surface area (Å²) in [6.07, 6.45) is 0. The predicted octanol–water partition coefficient (Wildman–Crippen LogP) is -1.61. The Morgan fingerprint density at radius 3 is 1.67 bits per heavy atom. The van der Waals surface area contributed by atoms with Crippen molar-refractivity contribution < 1.29 is 5.11 Å². The zero-order valence-corrected chi connectivity index (χ0v) is 12.8. The normalized spacial score (nSPS) is 31.5. The van der Waals surface area contributed by atoms with E-state index in [0.717, 1.165) is 0 Å². The molecule has 0 saturated heterocycles. The molecule has 0 bridgehead atoms. The maximum atomic E-state index is 9.91. The Labute approximate surface area is 137 Å². The molecule has 0 radical (unpaired) electrons. The van der Waals surface area contributed by atoms with Crippen LogP contribution in [-0.4, -0.2) is 27.2 Å². The summed E-state index contributed by atoms with van der Waals surface area (Å²) in [7, 11) is 0. The predicted molar refractivity (Wildman–Crippen MR) is 93.1 cm³/mol. The van der Waals surface area contributed by atoms with Crippen molar-refractivity contribution >= 4 is 28.3 Å². The molecule has 0 fully saturated rings. The molecule has 2 aliphatic carbocycles. The Kier molecular flexibility index (Phi) is 2.76. The molecule has 0 aromatic carbocycles. The minimum atomic E-state index is -0.572. The van der Waals surface area contributed by atoms with Gasteiger partial charge in [-0.15, -0.1) is 0 Å². The van der Waals surface area contributed by atoms with Gasteiger partial charge in [0.15, 0.2) is 0 Å². The van der Waals surface area contributed by atoms with Gasteiger partial charge in [0.05, 0.1) is 46.9 Å². The van der Waals surface area contributed by atoms with E-state index in [9.17, 15) is 5.11 Å². The minimum absolute atomic E-state index is 0.151. The van der Waals surface area contributed by atoms with Crippen LogP contribution in [0.2, 0.25) is 0 Å². The molecule has 24 heavy (non-hydrogen) atoms.